The lowest BCUT2D eigenvalue weighted by atomic mass is 10.0. The van der Waals surface area contributed by atoms with E-state index in [1.54, 1.807) is 24.3 Å². The van der Waals surface area contributed by atoms with Crippen molar-refractivity contribution in [3.63, 3.8) is 0 Å². The molecule has 0 aromatic heterocycles. The summed E-state index contributed by atoms with van der Waals surface area (Å²) in [6.45, 7) is -0.0366. The molecule has 0 spiro atoms. The number of nitrogens with one attached hydrogen (secondary N) is 1. The normalized spacial score (nSPS) is 12.1. The van der Waals surface area contributed by atoms with Crippen LogP contribution in [0.5, 0.6) is 0 Å². The summed E-state index contributed by atoms with van der Waals surface area (Å²) in [5.74, 6) is -1.03. The van der Waals surface area contributed by atoms with Gasteiger partial charge >= 0.3 is 12.4 Å². The molecule has 0 bridgehead atoms. The molecule has 0 saturated carbocycles. The molecular weight excluding hydrogens is 336 g/mol. The van der Waals surface area contributed by atoms with Gasteiger partial charge < -0.3 is 5.32 Å². The Labute approximate surface area is 133 Å². The van der Waals surface area contributed by atoms with E-state index in [2.05, 4.69) is 11.4 Å². The van der Waals surface area contributed by atoms with E-state index in [0.717, 1.165) is 0 Å². The first-order valence-electron chi connectivity index (χ1n) is 6.60. The second-order valence-corrected chi connectivity index (χ2v) is 4.89. The summed E-state index contributed by atoms with van der Waals surface area (Å²) < 4.78 is 76.5. The van der Waals surface area contributed by atoms with Crippen molar-refractivity contribution in [3.8, 4) is 0 Å². The molecule has 2 rings (SSSR count). The molecule has 2 nitrogen and oxygen atoms in total. The molecule has 0 aliphatic rings. The van der Waals surface area contributed by atoms with E-state index < -0.39 is 35.0 Å². The fraction of sp³-hybridized carbons (Fsp3) is 0.188. The van der Waals surface area contributed by atoms with Gasteiger partial charge in [0.15, 0.2) is 0 Å². The van der Waals surface area contributed by atoms with Crippen LogP contribution in [0.3, 0.4) is 0 Å². The molecule has 8 heteroatoms. The minimum Gasteiger partial charge on any atom is -0.348 e. The van der Waals surface area contributed by atoms with Crippen molar-refractivity contribution in [1.29, 1.82) is 0 Å². The van der Waals surface area contributed by atoms with Crippen molar-refractivity contribution in [2.45, 2.75) is 18.9 Å². The average molecular weight is 346 g/mol. The molecule has 2 aromatic rings. The highest BCUT2D eigenvalue weighted by Gasteiger charge is 2.37. The molecule has 0 aliphatic heterocycles. The topological polar surface area (TPSA) is 29.1 Å². The van der Waals surface area contributed by atoms with Crippen molar-refractivity contribution >= 4 is 5.91 Å². The van der Waals surface area contributed by atoms with Gasteiger partial charge in [0.1, 0.15) is 0 Å². The minimum absolute atomic E-state index is 0.0240. The maximum Gasteiger partial charge on any atom is 0.416 e. The number of halogens is 6. The number of hydrogen-bond donors (Lipinski definition) is 1. The van der Waals surface area contributed by atoms with Crippen LogP contribution in [0.1, 0.15) is 27.0 Å². The van der Waals surface area contributed by atoms with Crippen molar-refractivity contribution < 1.29 is 31.1 Å². The van der Waals surface area contributed by atoms with Gasteiger partial charge in [0.05, 0.1) is 11.1 Å². The fourth-order valence-electron chi connectivity index (χ4n) is 1.91. The largest absolute Gasteiger partial charge is 0.416 e. The Balaban J connectivity index is 2.29. The van der Waals surface area contributed by atoms with E-state index in [-0.39, 0.29) is 12.6 Å². The lowest BCUT2D eigenvalue weighted by molar-refractivity contribution is -0.143. The Morgan fingerprint density at radius 3 is 1.88 bits per heavy atom. The highest BCUT2D eigenvalue weighted by Crippen LogP contribution is 2.36. The molecule has 0 fully saturated rings. The number of alkyl halides is 6. The molecule has 1 N–H and O–H groups in total. The highest BCUT2D eigenvalue weighted by molar-refractivity contribution is 5.94. The van der Waals surface area contributed by atoms with Gasteiger partial charge in [-0.15, -0.1) is 0 Å². The second kappa shape index (κ2) is 6.54. The van der Waals surface area contributed by atoms with Crippen LogP contribution in [-0.2, 0) is 18.9 Å². The second-order valence-electron chi connectivity index (χ2n) is 4.89. The maximum absolute atomic E-state index is 12.7. The predicted molar refractivity (Wildman–Crippen MR) is 72.9 cm³/mol. The molecule has 1 radical (unpaired) electrons. The van der Waals surface area contributed by atoms with Gasteiger partial charge in [-0.2, -0.15) is 26.3 Å². The first-order chi connectivity index (χ1) is 11.1. The number of hydrogen-bond acceptors (Lipinski definition) is 1. The minimum atomic E-state index is -4.99. The van der Waals surface area contributed by atoms with Crippen LogP contribution in [0.15, 0.2) is 42.5 Å². The van der Waals surface area contributed by atoms with Crippen LogP contribution < -0.4 is 5.32 Å². The Kier molecular flexibility index (Phi) is 4.86. The van der Waals surface area contributed by atoms with Gasteiger partial charge in [-0.1, -0.05) is 24.3 Å². The Bertz CT molecular complexity index is 689. The molecule has 0 saturated heterocycles. The van der Waals surface area contributed by atoms with E-state index in [1.807, 2.05) is 0 Å². The van der Waals surface area contributed by atoms with Gasteiger partial charge in [-0.25, -0.2) is 0 Å². The van der Waals surface area contributed by atoms with E-state index in [9.17, 15) is 31.1 Å². The fourth-order valence-corrected chi connectivity index (χ4v) is 1.91. The van der Waals surface area contributed by atoms with Crippen molar-refractivity contribution in [1.82, 2.24) is 5.32 Å². The molecule has 0 heterocycles. The molecule has 0 aliphatic carbocycles. The molecule has 24 heavy (non-hydrogen) atoms. The maximum atomic E-state index is 12.7. The van der Waals surface area contributed by atoms with E-state index in [4.69, 9.17) is 0 Å². The highest BCUT2D eigenvalue weighted by atomic mass is 19.4. The van der Waals surface area contributed by atoms with Gasteiger partial charge in [0.2, 0.25) is 0 Å². The van der Waals surface area contributed by atoms with Crippen molar-refractivity contribution in [3.05, 3.63) is 70.8 Å². The molecule has 2 aromatic carbocycles. The summed E-state index contributed by atoms with van der Waals surface area (Å²) in [5, 5.41) is 2.29. The summed E-state index contributed by atoms with van der Waals surface area (Å²) in [4.78, 5) is 11.9. The van der Waals surface area contributed by atoms with Crippen LogP contribution in [0.25, 0.3) is 0 Å². The predicted octanol–water partition coefficient (Wildman–Crippen LogP) is 4.45. The third-order valence-electron chi connectivity index (χ3n) is 3.09. The van der Waals surface area contributed by atoms with Crippen LogP contribution in [0.4, 0.5) is 26.3 Å². The number of carbonyl (C=O) groups excluding carboxylic acids is 1. The lowest BCUT2D eigenvalue weighted by Gasteiger charge is -2.14. The first-order valence-corrected chi connectivity index (χ1v) is 6.60. The molecule has 0 unspecified atom stereocenters. The molecule has 127 valence electrons. The number of benzene rings is 2. The van der Waals surface area contributed by atoms with Crippen LogP contribution >= 0.6 is 0 Å². The monoisotopic (exact) mass is 346 g/mol. The SMILES string of the molecule is O=C(NCc1cc[c]cc1)c1cc(C(F)(F)F)cc(C(F)(F)F)c1. The number of rotatable bonds is 3. The average Bonchev–Trinajstić information content (AvgIpc) is 2.51. The number of amides is 1. The van der Waals surface area contributed by atoms with Crippen molar-refractivity contribution in [2.75, 3.05) is 0 Å². The molecule has 1 amide bonds. The quantitative estimate of drug-likeness (QED) is 0.817. The molecule has 0 atom stereocenters. The third kappa shape index (κ3) is 4.50. The van der Waals surface area contributed by atoms with Gasteiger partial charge in [-0.3, -0.25) is 4.79 Å². The summed E-state index contributed by atoms with van der Waals surface area (Å²) in [6, 6.07) is 9.83. The summed E-state index contributed by atoms with van der Waals surface area (Å²) >= 11 is 0. The Hall–Kier alpha value is -2.51. The zero-order valence-electron chi connectivity index (χ0n) is 11.9. The van der Waals surface area contributed by atoms with Gasteiger partial charge in [-0.05, 0) is 29.8 Å². The number of carbonyl (C=O) groups is 1. The van der Waals surface area contributed by atoms with Gasteiger partial charge in [0.25, 0.3) is 5.91 Å². The summed E-state index contributed by atoms with van der Waals surface area (Å²) in [5.41, 5.74) is -3.14. The van der Waals surface area contributed by atoms with E-state index >= 15 is 0 Å². The lowest BCUT2D eigenvalue weighted by Crippen LogP contribution is -2.24. The van der Waals surface area contributed by atoms with Crippen LogP contribution in [0, 0.1) is 6.07 Å². The van der Waals surface area contributed by atoms with Crippen molar-refractivity contribution in [2.24, 2.45) is 0 Å². The zero-order valence-corrected chi connectivity index (χ0v) is 11.9. The Morgan fingerprint density at radius 1 is 0.917 bits per heavy atom. The van der Waals surface area contributed by atoms with Gasteiger partial charge in [0, 0.05) is 12.1 Å². The standard InChI is InChI=1S/C16H10F6NO/c17-15(18,19)12-6-11(7-13(8-12)16(20,21)22)14(24)23-9-10-4-2-1-3-5-10/h2-8H,9H2,(H,23,24). The first kappa shape index (κ1) is 17.8. The molecular formula is C16H10F6NO. The van der Waals surface area contributed by atoms with E-state index in [1.165, 1.54) is 0 Å². The Morgan fingerprint density at radius 2 is 1.42 bits per heavy atom. The summed E-state index contributed by atoms with van der Waals surface area (Å²) in [6.07, 6.45) is -9.99. The zero-order chi connectivity index (χ0) is 18.0. The smallest absolute Gasteiger partial charge is 0.348 e. The summed E-state index contributed by atoms with van der Waals surface area (Å²) in [7, 11) is 0. The van der Waals surface area contributed by atoms with Crippen LogP contribution in [-0.4, -0.2) is 5.91 Å². The third-order valence-corrected chi connectivity index (χ3v) is 3.09. The van der Waals surface area contributed by atoms with Crippen LogP contribution in [0.2, 0.25) is 0 Å². The van der Waals surface area contributed by atoms with E-state index in [0.29, 0.717) is 17.7 Å².